The van der Waals surface area contributed by atoms with Crippen molar-refractivity contribution in [1.82, 2.24) is 0 Å². The fourth-order valence-corrected chi connectivity index (χ4v) is 2.42. The molecule has 1 aliphatic heterocycles. The van der Waals surface area contributed by atoms with Crippen LogP contribution < -0.4 is 15.2 Å². The normalized spacial score (nSPS) is 23.3. The van der Waals surface area contributed by atoms with Crippen LogP contribution in [0.2, 0.25) is 0 Å². The molecule has 0 spiro atoms. The Morgan fingerprint density at radius 2 is 1.61 bits per heavy atom. The standard InChI is InChI=1S/C15H21NO2/c1-10-6-12-13(7-11(10)15(16)4-5-15)18-9-14(2,3)8-17-12/h6-7H,4-5,8-9,16H2,1-3H3. The third-order valence-corrected chi connectivity index (χ3v) is 3.85. The van der Waals surface area contributed by atoms with Crippen molar-refractivity contribution in [3.8, 4) is 11.5 Å². The van der Waals surface area contributed by atoms with Gasteiger partial charge in [-0.3, -0.25) is 0 Å². The predicted molar refractivity (Wildman–Crippen MR) is 71.0 cm³/mol. The average Bonchev–Trinajstić information content (AvgIpc) is 3.05. The van der Waals surface area contributed by atoms with Crippen molar-refractivity contribution >= 4 is 0 Å². The molecule has 18 heavy (non-hydrogen) atoms. The summed E-state index contributed by atoms with van der Waals surface area (Å²) in [6, 6.07) is 4.15. The second-order valence-electron chi connectivity index (χ2n) is 6.51. The number of hydrogen-bond donors (Lipinski definition) is 1. The summed E-state index contributed by atoms with van der Waals surface area (Å²) in [7, 11) is 0. The van der Waals surface area contributed by atoms with Crippen LogP contribution in [0.3, 0.4) is 0 Å². The van der Waals surface area contributed by atoms with Crippen molar-refractivity contribution in [2.24, 2.45) is 11.1 Å². The van der Waals surface area contributed by atoms with Crippen LogP contribution in [0.15, 0.2) is 12.1 Å². The van der Waals surface area contributed by atoms with Crippen LogP contribution in [0.5, 0.6) is 11.5 Å². The van der Waals surface area contributed by atoms with E-state index in [1.54, 1.807) is 0 Å². The van der Waals surface area contributed by atoms with E-state index in [0.717, 1.165) is 24.3 Å². The summed E-state index contributed by atoms with van der Waals surface area (Å²) in [5.41, 5.74) is 8.64. The van der Waals surface area contributed by atoms with Gasteiger partial charge in [-0.15, -0.1) is 0 Å². The first-order valence-corrected chi connectivity index (χ1v) is 6.59. The lowest BCUT2D eigenvalue weighted by atomic mass is 9.97. The highest BCUT2D eigenvalue weighted by Crippen LogP contribution is 2.47. The SMILES string of the molecule is Cc1cc2c(cc1C1(N)CC1)OCC(C)(C)CO2. The zero-order chi connectivity index (χ0) is 13.0. The Labute approximate surface area is 108 Å². The highest BCUT2D eigenvalue weighted by molar-refractivity contribution is 5.51. The monoisotopic (exact) mass is 247 g/mol. The minimum Gasteiger partial charge on any atom is -0.489 e. The van der Waals surface area contributed by atoms with Gasteiger partial charge in [0.05, 0.1) is 13.2 Å². The van der Waals surface area contributed by atoms with Gasteiger partial charge in [-0.1, -0.05) is 13.8 Å². The molecule has 3 heteroatoms. The lowest BCUT2D eigenvalue weighted by Gasteiger charge is -2.19. The van der Waals surface area contributed by atoms with E-state index in [1.165, 1.54) is 11.1 Å². The molecule has 0 saturated heterocycles. The molecule has 1 aromatic carbocycles. The van der Waals surface area contributed by atoms with Crippen molar-refractivity contribution in [1.29, 1.82) is 0 Å². The zero-order valence-corrected chi connectivity index (χ0v) is 11.4. The van der Waals surface area contributed by atoms with Crippen LogP contribution in [0.4, 0.5) is 0 Å². The van der Waals surface area contributed by atoms with Crippen LogP contribution in [-0.2, 0) is 5.54 Å². The minimum absolute atomic E-state index is 0.0487. The molecule has 1 aromatic rings. The smallest absolute Gasteiger partial charge is 0.161 e. The number of hydrogen-bond acceptors (Lipinski definition) is 3. The first-order chi connectivity index (χ1) is 8.40. The Morgan fingerprint density at radius 3 is 2.17 bits per heavy atom. The van der Waals surface area contributed by atoms with E-state index in [2.05, 4.69) is 32.9 Å². The van der Waals surface area contributed by atoms with Crippen molar-refractivity contribution in [3.63, 3.8) is 0 Å². The molecule has 3 rings (SSSR count). The molecular weight excluding hydrogens is 226 g/mol. The second-order valence-corrected chi connectivity index (χ2v) is 6.51. The fourth-order valence-electron chi connectivity index (χ4n) is 2.42. The lowest BCUT2D eigenvalue weighted by molar-refractivity contribution is 0.140. The molecule has 0 bridgehead atoms. The summed E-state index contributed by atoms with van der Waals surface area (Å²) in [6.07, 6.45) is 2.14. The molecule has 1 fully saturated rings. The maximum absolute atomic E-state index is 6.30. The maximum Gasteiger partial charge on any atom is 0.161 e. The van der Waals surface area contributed by atoms with E-state index in [-0.39, 0.29) is 11.0 Å². The molecule has 1 aliphatic carbocycles. The molecule has 2 N–H and O–H groups in total. The summed E-state index contributed by atoms with van der Waals surface area (Å²) in [5.74, 6) is 1.70. The minimum atomic E-state index is -0.121. The Morgan fingerprint density at radius 1 is 1.06 bits per heavy atom. The number of benzene rings is 1. The molecule has 1 heterocycles. The third-order valence-electron chi connectivity index (χ3n) is 3.85. The summed E-state index contributed by atoms with van der Waals surface area (Å²) >= 11 is 0. The third kappa shape index (κ3) is 1.97. The van der Waals surface area contributed by atoms with E-state index >= 15 is 0 Å². The number of fused-ring (bicyclic) bond motifs is 1. The number of ether oxygens (including phenoxy) is 2. The van der Waals surface area contributed by atoms with Crippen molar-refractivity contribution < 1.29 is 9.47 Å². The van der Waals surface area contributed by atoms with Gasteiger partial charge in [0.15, 0.2) is 11.5 Å². The number of aryl methyl sites for hydroxylation is 1. The van der Waals surface area contributed by atoms with Crippen molar-refractivity contribution in [2.75, 3.05) is 13.2 Å². The van der Waals surface area contributed by atoms with Crippen LogP contribution in [-0.4, -0.2) is 13.2 Å². The van der Waals surface area contributed by atoms with Gasteiger partial charge in [0.2, 0.25) is 0 Å². The summed E-state index contributed by atoms with van der Waals surface area (Å²) < 4.78 is 11.8. The van der Waals surface area contributed by atoms with E-state index < -0.39 is 0 Å². The summed E-state index contributed by atoms with van der Waals surface area (Å²) in [4.78, 5) is 0. The van der Waals surface area contributed by atoms with Crippen LogP contribution in [0, 0.1) is 12.3 Å². The Bertz CT molecular complexity index is 490. The Kier molecular flexibility index (Phi) is 2.39. The Balaban J connectivity index is 1.99. The average molecular weight is 247 g/mol. The highest BCUT2D eigenvalue weighted by Gasteiger charge is 2.42. The molecule has 0 radical (unpaired) electrons. The first-order valence-electron chi connectivity index (χ1n) is 6.59. The van der Waals surface area contributed by atoms with Crippen LogP contribution in [0.1, 0.15) is 37.8 Å². The topological polar surface area (TPSA) is 44.5 Å². The van der Waals surface area contributed by atoms with Gasteiger partial charge in [0.25, 0.3) is 0 Å². The van der Waals surface area contributed by atoms with E-state index in [9.17, 15) is 0 Å². The van der Waals surface area contributed by atoms with Crippen molar-refractivity contribution in [2.45, 2.75) is 39.2 Å². The largest absolute Gasteiger partial charge is 0.489 e. The number of rotatable bonds is 1. The number of nitrogens with two attached hydrogens (primary N) is 1. The zero-order valence-electron chi connectivity index (χ0n) is 11.4. The lowest BCUT2D eigenvalue weighted by Crippen LogP contribution is -2.26. The molecule has 0 atom stereocenters. The second kappa shape index (κ2) is 3.64. The fraction of sp³-hybridized carbons (Fsp3) is 0.600. The molecule has 98 valence electrons. The highest BCUT2D eigenvalue weighted by atomic mass is 16.5. The van der Waals surface area contributed by atoms with Gasteiger partial charge in [-0.25, -0.2) is 0 Å². The molecule has 3 nitrogen and oxygen atoms in total. The van der Waals surface area contributed by atoms with E-state index in [1.807, 2.05) is 0 Å². The molecule has 0 aromatic heterocycles. The van der Waals surface area contributed by atoms with Gasteiger partial charge in [0, 0.05) is 11.0 Å². The molecule has 0 unspecified atom stereocenters. The summed E-state index contributed by atoms with van der Waals surface area (Å²) in [5, 5.41) is 0. The van der Waals surface area contributed by atoms with Gasteiger partial charge in [0.1, 0.15) is 0 Å². The van der Waals surface area contributed by atoms with Crippen LogP contribution in [0.25, 0.3) is 0 Å². The van der Waals surface area contributed by atoms with E-state index in [0.29, 0.717) is 13.2 Å². The molecule has 1 saturated carbocycles. The van der Waals surface area contributed by atoms with Gasteiger partial charge in [-0.2, -0.15) is 0 Å². The molecular formula is C15H21NO2. The molecule has 2 aliphatic rings. The van der Waals surface area contributed by atoms with Crippen LogP contribution >= 0.6 is 0 Å². The summed E-state index contributed by atoms with van der Waals surface area (Å²) in [6.45, 7) is 7.77. The van der Waals surface area contributed by atoms with Gasteiger partial charge >= 0.3 is 0 Å². The Hall–Kier alpha value is -1.22. The quantitative estimate of drug-likeness (QED) is 0.830. The van der Waals surface area contributed by atoms with Crippen molar-refractivity contribution in [3.05, 3.63) is 23.3 Å². The van der Waals surface area contributed by atoms with E-state index in [4.69, 9.17) is 15.2 Å². The first kappa shape index (κ1) is 11.8. The van der Waals surface area contributed by atoms with Gasteiger partial charge < -0.3 is 15.2 Å². The van der Waals surface area contributed by atoms with Gasteiger partial charge in [-0.05, 0) is 43.0 Å². The maximum atomic E-state index is 6.30. The predicted octanol–water partition coefficient (Wildman–Crippen LogP) is 2.74. The molecule has 0 amide bonds.